The molecular weight excluding hydrogens is 308 g/mol. The Labute approximate surface area is 149 Å². The van der Waals surface area contributed by atoms with Crippen molar-refractivity contribution in [3.63, 3.8) is 0 Å². The number of aromatic nitrogens is 1. The molecule has 0 aliphatic carbocycles. The van der Waals surface area contributed by atoms with Gasteiger partial charge in [-0.2, -0.15) is 0 Å². The number of carbonyl (C=O) groups is 1. The number of para-hydroxylation sites is 1. The van der Waals surface area contributed by atoms with Crippen molar-refractivity contribution in [2.45, 2.75) is 46.6 Å². The molecule has 1 amide bonds. The molecule has 3 nitrogen and oxygen atoms in total. The summed E-state index contributed by atoms with van der Waals surface area (Å²) in [5.74, 6) is -0.0564. The van der Waals surface area contributed by atoms with E-state index in [2.05, 4.69) is 61.8 Å². The van der Waals surface area contributed by atoms with Gasteiger partial charge in [-0.25, -0.2) is 0 Å². The molecule has 3 rings (SSSR count). The van der Waals surface area contributed by atoms with Crippen LogP contribution in [0.5, 0.6) is 0 Å². The molecule has 0 radical (unpaired) electrons. The summed E-state index contributed by atoms with van der Waals surface area (Å²) in [4.78, 5) is 12.9. The molecular formula is C22H26N2O. The summed E-state index contributed by atoms with van der Waals surface area (Å²) in [6, 6.07) is 16.3. The van der Waals surface area contributed by atoms with E-state index in [4.69, 9.17) is 0 Å². The van der Waals surface area contributed by atoms with Crippen LogP contribution in [-0.4, -0.2) is 10.5 Å². The number of aryl methyl sites for hydroxylation is 2. The number of rotatable bonds is 3. The summed E-state index contributed by atoms with van der Waals surface area (Å²) < 4.78 is 2.09. The molecule has 1 heterocycles. The summed E-state index contributed by atoms with van der Waals surface area (Å²) in [5, 5.41) is 4.19. The molecule has 0 aliphatic rings. The Morgan fingerprint density at radius 3 is 2.28 bits per heavy atom. The zero-order valence-corrected chi connectivity index (χ0v) is 15.7. The average molecular weight is 334 g/mol. The topological polar surface area (TPSA) is 34.0 Å². The van der Waals surface area contributed by atoms with Crippen molar-refractivity contribution in [3.05, 3.63) is 65.4 Å². The summed E-state index contributed by atoms with van der Waals surface area (Å²) in [6.07, 6.45) is 0. The van der Waals surface area contributed by atoms with Gasteiger partial charge in [0.1, 0.15) is 5.69 Å². The predicted octanol–water partition coefficient (Wildman–Crippen LogP) is 5.52. The molecule has 25 heavy (non-hydrogen) atoms. The van der Waals surface area contributed by atoms with Gasteiger partial charge in [0.05, 0.1) is 0 Å². The van der Waals surface area contributed by atoms with Crippen LogP contribution in [0.2, 0.25) is 0 Å². The lowest BCUT2D eigenvalue weighted by Gasteiger charge is -2.19. The van der Waals surface area contributed by atoms with Crippen LogP contribution in [-0.2, 0) is 12.0 Å². The fourth-order valence-corrected chi connectivity index (χ4v) is 3.34. The predicted molar refractivity (Wildman–Crippen MR) is 105 cm³/mol. The third-order valence-corrected chi connectivity index (χ3v) is 4.76. The summed E-state index contributed by atoms with van der Waals surface area (Å²) >= 11 is 0. The Morgan fingerprint density at radius 1 is 1.04 bits per heavy atom. The number of nitrogens with zero attached hydrogens (tertiary/aromatic N) is 1. The monoisotopic (exact) mass is 334 g/mol. The van der Waals surface area contributed by atoms with E-state index in [9.17, 15) is 4.79 Å². The first-order chi connectivity index (χ1) is 11.8. The van der Waals surface area contributed by atoms with Crippen molar-refractivity contribution >= 4 is 22.5 Å². The number of fused-ring (bicyclic) bond motifs is 1. The second-order valence-electron chi connectivity index (χ2n) is 7.52. The molecule has 1 aromatic heterocycles. The zero-order chi connectivity index (χ0) is 18.2. The van der Waals surface area contributed by atoms with Gasteiger partial charge >= 0.3 is 0 Å². The van der Waals surface area contributed by atoms with Crippen LogP contribution in [0.3, 0.4) is 0 Å². The van der Waals surface area contributed by atoms with Gasteiger partial charge in [-0.1, -0.05) is 51.1 Å². The van der Waals surface area contributed by atoms with E-state index in [0.717, 1.165) is 34.4 Å². The molecule has 0 atom stereocenters. The zero-order valence-electron chi connectivity index (χ0n) is 15.7. The number of benzene rings is 2. The van der Waals surface area contributed by atoms with E-state index < -0.39 is 0 Å². The maximum absolute atomic E-state index is 12.9. The van der Waals surface area contributed by atoms with E-state index in [1.54, 1.807) is 0 Å². The lowest BCUT2D eigenvalue weighted by molar-refractivity contribution is 0.101. The first-order valence-corrected chi connectivity index (χ1v) is 8.82. The van der Waals surface area contributed by atoms with Gasteiger partial charge in [-0.05, 0) is 48.6 Å². The third-order valence-electron chi connectivity index (χ3n) is 4.76. The Kier molecular flexibility index (Phi) is 4.42. The highest BCUT2D eigenvalue weighted by Crippen LogP contribution is 2.27. The van der Waals surface area contributed by atoms with Gasteiger partial charge in [0.15, 0.2) is 0 Å². The molecule has 0 bridgehead atoms. The minimum absolute atomic E-state index is 0.0564. The maximum Gasteiger partial charge on any atom is 0.272 e. The standard InChI is InChI=1S/C22H26N2O/c1-6-24-19-10-8-7-9-18(19)15(2)20(24)21(25)23-17-13-11-16(12-14-17)22(3,4)5/h7-14H,6H2,1-5H3,(H,23,25). The Balaban J connectivity index is 1.94. The SMILES string of the molecule is CCn1c(C(=O)Nc2ccc(C(C)(C)C)cc2)c(C)c2ccccc21. The molecule has 2 aromatic carbocycles. The number of hydrogen-bond acceptors (Lipinski definition) is 1. The molecule has 3 heteroatoms. The minimum atomic E-state index is -0.0564. The summed E-state index contributed by atoms with van der Waals surface area (Å²) in [6.45, 7) is 11.4. The van der Waals surface area contributed by atoms with E-state index in [1.807, 2.05) is 31.2 Å². The molecule has 0 fully saturated rings. The van der Waals surface area contributed by atoms with Crippen LogP contribution < -0.4 is 5.32 Å². The minimum Gasteiger partial charge on any atom is -0.337 e. The highest BCUT2D eigenvalue weighted by atomic mass is 16.2. The van der Waals surface area contributed by atoms with Crippen LogP contribution in [0.15, 0.2) is 48.5 Å². The molecule has 3 aromatic rings. The largest absolute Gasteiger partial charge is 0.337 e. The number of anilines is 1. The fraction of sp³-hybridized carbons (Fsp3) is 0.318. The first kappa shape index (κ1) is 17.3. The van der Waals surface area contributed by atoms with Gasteiger partial charge in [0, 0.05) is 23.1 Å². The fourth-order valence-electron chi connectivity index (χ4n) is 3.34. The van der Waals surface area contributed by atoms with Crippen LogP contribution in [0, 0.1) is 6.92 Å². The molecule has 0 aliphatic heterocycles. The Morgan fingerprint density at radius 2 is 1.68 bits per heavy atom. The second-order valence-corrected chi connectivity index (χ2v) is 7.52. The lowest BCUT2D eigenvalue weighted by Crippen LogP contribution is -2.18. The van der Waals surface area contributed by atoms with Crippen molar-refractivity contribution in [2.24, 2.45) is 0 Å². The molecule has 0 unspecified atom stereocenters. The molecule has 0 spiro atoms. The van der Waals surface area contributed by atoms with Gasteiger partial charge in [-0.3, -0.25) is 4.79 Å². The van der Waals surface area contributed by atoms with E-state index >= 15 is 0 Å². The Hall–Kier alpha value is -2.55. The van der Waals surface area contributed by atoms with Gasteiger partial charge in [-0.15, -0.1) is 0 Å². The van der Waals surface area contributed by atoms with Crippen LogP contribution >= 0.6 is 0 Å². The number of nitrogens with one attached hydrogen (secondary N) is 1. The molecule has 0 saturated carbocycles. The normalized spacial score (nSPS) is 11.7. The molecule has 130 valence electrons. The smallest absolute Gasteiger partial charge is 0.272 e. The quantitative estimate of drug-likeness (QED) is 0.672. The van der Waals surface area contributed by atoms with Crippen molar-refractivity contribution in [2.75, 3.05) is 5.32 Å². The van der Waals surface area contributed by atoms with Crippen molar-refractivity contribution in [1.29, 1.82) is 0 Å². The molecule has 1 N–H and O–H groups in total. The van der Waals surface area contributed by atoms with Crippen molar-refractivity contribution < 1.29 is 4.79 Å². The van der Waals surface area contributed by atoms with E-state index in [-0.39, 0.29) is 11.3 Å². The van der Waals surface area contributed by atoms with Gasteiger partial charge < -0.3 is 9.88 Å². The van der Waals surface area contributed by atoms with Gasteiger partial charge in [0.2, 0.25) is 0 Å². The van der Waals surface area contributed by atoms with E-state index in [0.29, 0.717) is 0 Å². The van der Waals surface area contributed by atoms with Gasteiger partial charge in [0.25, 0.3) is 5.91 Å². The lowest BCUT2D eigenvalue weighted by atomic mass is 9.87. The summed E-state index contributed by atoms with van der Waals surface area (Å²) in [7, 11) is 0. The average Bonchev–Trinajstić information content (AvgIpc) is 2.87. The summed E-state index contributed by atoms with van der Waals surface area (Å²) in [5.41, 5.74) is 5.06. The maximum atomic E-state index is 12.9. The van der Waals surface area contributed by atoms with Crippen molar-refractivity contribution in [1.82, 2.24) is 4.57 Å². The number of carbonyl (C=O) groups excluding carboxylic acids is 1. The Bertz CT molecular complexity index is 912. The highest BCUT2D eigenvalue weighted by molar-refractivity contribution is 6.08. The first-order valence-electron chi connectivity index (χ1n) is 8.82. The molecule has 0 saturated heterocycles. The number of amides is 1. The van der Waals surface area contributed by atoms with E-state index in [1.165, 1.54) is 5.56 Å². The van der Waals surface area contributed by atoms with Crippen LogP contribution in [0.4, 0.5) is 5.69 Å². The van der Waals surface area contributed by atoms with Crippen LogP contribution in [0.1, 0.15) is 49.3 Å². The van der Waals surface area contributed by atoms with Crippen molar-refractivity contribution in [3.8, 4) is 0 Å². The highest BCUT2D eigenvalue weighted by Gasteiger charge is 2.19. The second kappa shape index (κ2) is 6.40. The number of hydrogen-bond donors (Lipinski definition) is 1. The third kappa shape index (κ3) is 3.19. The van der Waals surface area contributed by atoms with Crippen LogP contribution in [0.25, 0.3) is 10.9 Å².